The minimum absolute atomic E-state index is 0.710. The molecule has 1 saturated carbocycles. The van der Waals surface area contributed by atoms with Gasteiger partial charge < -0.3 is 5.73 Å². The zero-order valence-corrected chi connectivity index (χ0v) is 8.66. The SMILES string of the molecule is NCCc1ccc2n[nH]c(C3CC3)c2c1. The van der Waals surface area contributed by atoms with E-state index in [-0.39, 0.29) is 0 Å². The van der Waals surface area contributed by atoms with Crippen LogP contribution in [0.5, 0.6) is 0 Å². The predicted molar refractivity (Wildman–Crippen MR) is 60.8 cm³/mol. The molecule has 0 radical (unpaired) electrons. The molecule has 0 unspecified atom stereocenters. The summed E-state index contributed by atoms with van der Waals surface area (Å²) in [5, 5.41) is 8.78. The molecule has 3 nitrogen and oxygen atoms in total. The van der Waals surface area contributed by atoms with Gasteiger partial charge in [-0.05, 0) is 43.5 Å². The Balaban J connectivity index is 2.09. The number of nitrogens with two attached hydrogens (primary N) is 1. The van der Waals surface area contributed by atoms with Gasteiger partial charge in [0, 0.05) is 17.0 Å². The Morgan fingerprint density at radius 1 is 1.40 bits per heavy atom. The van der Waals surface area contributed by atoms with Gasteiger partial charge in [-0.15, -0.1) is 0 Å². The first kappa shape index (κ1) is 8.92. The lowest BCUT2D eigenvalue weighted by Crippen LogP contribution is -2.02. The van der Waals surface area contributed by atoms with Gasteiger partial charge in [0.1, 0.15) is 0 Å². The topological polar surface area (TPSA) is 54.7 Å². The molecular weight excluding hydrogens is 186 g/mol. The molecule has 1 aliphatic carbocycles. The van der Waals surface area contributed by atoms with Crippen LogP contribution in [-0.4, -0.2) is 16.7 Å². The van der Waals surface area contributed by atoms with Crippen LogP contribution in [0.2, 0.25) is 0 Å². The van der Waals surface area contributed by atoms with Gasteiger partial charge in [0.25, 0.3) is 0 Å². The van der Waals surface area contributed by atoms with Gasteiger partial charge in [0.05, 0.1) is 5.52 Å². The van der Waals surface area contributed by atoms with Crippen LogP contribution in [0.15, 0.2) is 18.2 Å². The van der Waals surface area contributed by atoms with Gasteiger partial charge in [0.2, 0.25) is 0 Å². The summed E-state index contributed by atoms with van der Waals surface area (Å²) in [6.45, 7) is 0.710. The van der Waals surface area contributed by atoms with E-state index in [1.165, 1.54) is 29.5 Å². The molecule has 1 aromatic carbocycles. The monoisotopic (exact) mass is 201 g/mol. The molecule has 0 saturated heterocycles. The summed E-state index contributed by atoms with van der Waals surface area (Å²) < 4.78 is 0. The summed E-state index contributed by atoms with van der Waals surface area (Å²) in [6, 6.07) is 6.44. The van der Waals surface area contributed by atoms with Crippen molar-refractivity contribution in [2.45, 2.75) is 25.2 Å². The molecule has 1 aliphatic rings. The summed E-state index contributed by atoms with van der Waals surface area (Å²) in [6.07, 6.45) is 3.56. The van der Waals surface area contributed by atoms with Crippen molar-refractivity contribution in [3.8, 4) is 0 Å². The normalized spacial score (nSPS) is 16.1. The number of nitrogens with one attached hydrogen (secondary N) is 1. The number of rotatable bonds is 3. The zero-order chi connectivity index (χ0) is 10.3. The lowest BCUT2D eigenvalue weighted by Gasteiger charge is -1.99. The highest BCUT2D eigenvalue weighted by atomic mass is 15.1. The van der Waals surface area contributed by atoms with E-state index in [1.807, 2.05) is 0 Å². The van der Waals surface area contributed by atoms with E-state index >= 15 is 0 Å². The lowest BCUT2D eigenvalue weighted by molar-refractivity contribution is 0.969. The van der Waals surface area contributed by atoms with E-state index in [1.54, 1.807) is 0 Å². The molecule has 0 amide bonds. The van der Waals surface area contributed by atoms with Crippen LogP contribution < -0.4 is 5.73 Å². The maximum Gasteiger partial charge on any atom is 0.0924 e. The molecule has 3 heteroatoms. The van der Waals surface area contributed by atoms with Crippen molar-refractivity contribution in [2.75, 3.05) is 6.54 Å². The van der Waals surface area contributed by atoms with Crippen molar-refractivity contribution >= 4 is 10.9 Å². The molecule has 2 aromatic rings. The smallest absolute Gasteiger partial charge is 0.0924 e. The molecule has 15 heavy (non-hydrogen) atoms. The third-order valence-electron chi connectivity index (χ3n) is 3.07. The number of aromatic amines is 1. The van der Waals surface area contributed by atoms with E-state index in [0.717, 1.165) is 17.9 Å². The van der Waals surface area contributed by atoms with Crippen LogP contribution >= 0.6 is 0 Å². The number of benzene rings is 1. The molecule has 0 aliphatic heterocycles. The first-order valence-corrected chi connectivity index (χ1v) is 5.55. The van der Waals surface area contributed by atoms with E-state index in [0.29, 0.717) is 6.54 Å². The summed E-state index contributed by atoms with van der Waals surface area (Å²) >= 11 is 0. The minimum Gasteiger partial charge on any atom is -0.330 e. The van der Waals surface area contributed by atoms with Crippen molar-refractivity contribution in [1.82, 2.24) is 10.2 Å². The highest BCUT2D eigenvalue weighted by Crippen LogP contribution is 2.41. The summed E-state index contributed by atoms with van der Waals surface area (Å²) in [5.74, 6) is 0.725. The first-order chi connectivity index (χ1) is 7.38. The second-order valence-corrected chi connectivity index (χ2v) is 4.30. The molecular formula is C12H15N3. The van der Waals surface area contributed by atoms with E-state index < -0.39 is 0 Å². The van der Waals surface area contributed by atoms with E-state index in [2.05, 4.69) is 28.4 Å². The Morgan fingerprint density at radius 2 is 2.27 bits per heavy atom. The largest absolute Gasteiger partial charge is 0.330 e. The number of fused-ring (bicyclic) bond motifs is 1. The van der Waals surface area contributed by atoms with Crippen molar-refractivity contribution in [3.63, 3.8) is 0 Å². The number of H-pyrrole nitrogens is 1. The second kappa shape index (κ2) is 3.35. The van der Waals surface area contributed by atoms with Crippen molar-refractivity contribution in [2.24, 2.45) is 5.73 Å². The molecule has 3 rings (SSSR count). The maximum absolute atomic E-state index is 5.57. The third kappa shape index (κ3) is 1.53. The number of aromatic nitrogens is 2. The van der Waals surface area contributed by atoms with Gasteiger partial charge in [-0.3, -0.25) is 5.10 Å². The van der Waals surface area contributed by atoms with E-state index in [9.17, 15) is 0 Å². The quantitative estimate of drug-likeness (QED) is 0.797. The first-order valence-electron chi connectivity index (χ1n) is 5.55. The fraction of sp³-hybridized carbons (Fsp3) is 0.417. The molecule has 0 atom stereocenters. The highest BCUT2D eigenvalue weighted by molar-refractivity contribution is 5.82. The Bertz CT molecular complexity index is 483. The Kier molecular flexibility index (Phi) is 1.99. The maximum atomic E-state index is 5.57. The van der Waals surface area contributed by atoms with Gasteiger partial charge in [-0.1, -0.05) is 6.07 Å². The van der Waals surface area contributed by atoms with Crippen molar-refractivity contribution in [1.29, 1.82) is 0 Å². The van der Waals surface area contributed by atoms with Gasteiger partial charge in [0.15, 0.2) is 0 Å². The number of hydrogen-bond donors (Lipinski definition) is 2. The summed E-state index contributed by atoms with van der Waals surface area (Å²) in [7, 11) is 0. The fourth-order valence-electron chi connectivity index (χ4n) is 2.08. The Hall–Kier alpha value is -1.35. The van der Waals surface area contributed by atoms with Crippen LogP contribution in [0.25, 0.3) is 10.9 Å². The van der Waals surface area contributed by atoms with Crippen LogP contribution in [0, 0.1) is 0 Å². The summed E-state index contributed by atoms with van der Waals surface area (Å²) in [5.41, 5.74) is 9.28. The fourth-order valence-corrected chi connectivity index (χ4v) is 2.08. The second-order valence-electron chi connectivity index (χ2n) is 4.30. The highest BCUT2D eigenvalue weighted by Gasteiger charge is 2.27. The molecule has 78 valence electrons. The lowest BCUT2D eigenvalue weighted by atomic mass is 10.1. The summed E-state index contributed by atoms with van der Waals surface area (Å²) in [4.78, 5) is 0. The average molecular weight is 201 g/mol. The van der Waals surface area contributed by atoms with Crippen LogP contribution in [0.3, 0.4) is 0 Å². The van der Waals surface area contributed by atoms with Crippen LogP contribution in [-0.2, 0) is 6.42 Å². The number of hydrogen-bond acceptors (Lipinski definition) is 2. The standard InChI is InChI=1S/C12H15N3/c13-6-5-8-1-4-11-10(7-8)12(15-14-11)9-2-3-9/h1,4,7,9H,2-3,5-6,13H2,(H,14,15). The van der Waals surface area contributed by atoms with Gasteiger partial charge in [-0.2, -0.15) is 5.10 Å². The van der Waals surface area contributed by atoms with Crippen molar-refractivity contribution in [3.05, 3.63) is 29.5 Å². The molecule has 0 bridgehead atoms. The Labute approximate surface area is 88.7 Å². The van der Waals surface area contributed by atoms with Crippen LogP contribution in [0.1, 0.15) is 30.0 Å². The number of nitrogens with zero attached hydrogens (tertiary/aromatic N) is 1. The minimum atomic E-state index is 0.710. The predicted octanol–water partition coefficient (Wildman–Crippen LogP) is 1.94. The molecule has 1 heterocycles. The van der Waals surface area contributed by atoms with Crippen LogP contribution in [0.4, 0.5) is 0 Å². The van der Waals surface area contributed by atoms with Crippen molar-refractivity contribution < 1.29 is 0 Å². The average Bonchev–Trinajstić information content (AvgIpc) is 3.00. The molecule has 1 fully saturated rings. The van der Waals surface area contributed by atoms with Gasteiger partial charge in [-0.25, -0.2) is 0 Å². The van der Waals surface area contributed by atoms with Gasteiger partial charge >= 0.3 is 0 Å². The molecule has 0 spiro atoms. The molecule has 3 N–H and O–H groups in total. The third-order valence-corrected chi connectivity index (χ3v) is 3.07. The molecule has 1 aromatic heterocycles. The van der Waals surface area contributed by atoms with E-state index in [4.69, 9.17) is 5.73 Å². The zero-order valence-electron chi connectivity index (χ0n) is 8.66. The Morgan fingerprint density at radius 3 is 3.00 bits per heavy atom.